The Morgan fingerprint density at radius 1 is 1.12 bits per heavy atom. The van der Waals surface area contributed by atoms with Crippen molar-refractivity contribution in [1.82, 2.24) is 15.1 Å². The Morgan fingerprint density at radius 2 is 1.81 bits per heavy atom. The summed E-state index contributed by atoms with van der Waals surface area (Å²) in [5.74, 6) is -0.199. The number of esters is 1. The van der Waals surface area contributed by atoms with Gasteiger partial charge in [-0.2, -0.15) is 0 Å². The first-order chi connectivity index (χ1) is 15.4. The van der Waals surface area contributed by atoms with Gasteiger partial charge in [-0.15, -0.1) is 0 Å². The molecule has 1 unspecified atom stereocenters. The smallest absolute Gasteiger partial charge is 0.318 e. The second-order valence-corrected chi connectivity index (χ2v) is 9.48. The topological polar surface area (TPSA) is 79.0 Å². The van der Waals surface area contributed by atoms with Gasteiger partial charge in [0.05, 0.1) is 19.6 Å². The highest BCUT2D eigenvalue weighted by molar-refractivity contribution is 5.89. The third-order valence-corrected chi connectivity index (χ3v) is 6.47. The molecule has 2 atom stereocenters. The number of carbonyl (C=O) groups is 3. The maximum Gasteiger partial charge on any atom is 0.318 e. The maximum absolute atomic E-state index is 13.6. The van der Waals surface area contributed by atoms with Crippen molar-refractivity contribution in [2.45, 2.75) is 83.5 Å². The van der Waals surface area contributed by atoms with E-state index in [-0.39, 0.29) is 36.3 Å². The highest BCUT2D eigenvalue weighted by Crippen LogP contribution is 2.27. The summed E-state index contributed by atoms with van der Waals surface area (Å²) in [5.41, 5.74) is 1.03. The number of hydrogen-bond donors (Lipinski definition) is 1. The zero-order chi connectivity index (χ0) is 23.1. The summed E-state index contributed by atoms with van der Waals surface area (Å²) < 4.78 is 4.93. The van der Waals surface area contributed by atoms with Gasteiger partial charge in [-0.25, -0.2) is 4.79 Å². The Labute approximate surface area is 191 Å². The molecule has 2 aliphatic rings. The number of benzene rings is 1. The molecule has 7 nitrogen and oxygen atoms in total. The van der Waals surface area contributed by atoms with Gasteiger partial charge >= 0.3 is 12.0 Å². The molecule has 1 saturated carbocycles. The lowest BCUT2D eigenvalue weighted by atomic mass is 9.94. The molecule has 176 valence electrons. The number of hydrogen-bond acceptors (Lipinski definition) is 4. The van der Waals surface area contributed by atoms with Crippen molar-refractivity contribution in [2.75, 3.05) is 13.7 Å². The number of nitrogens with zero attached hydrogens (tertiary/aromatic N) is 2. The number of amides is 3. The number of urea groups is 1. The van der Waals surface area contributed by atoms with Crippen LogP contribution in [0.3, 0.4) is 0 Å². The second kappa shape index (κ2) is 11.3. The molecule has 0 spiro atoms. The van der Waals surface area contributed by atoms with Crippen LogP contribution in [0.15, 0.2) is 30.3 Å². The van der Waals surface area contributed by atoms with Crippen LogP contribution in [-0.2, 0) is 20.9 Å². The molecule has 0 bridgehead atoms. The molecule has 0 radical (unpaired) electrons. The highest BCUT2D eigenvalue weighted by Gasteiger charge is 2.44. The molecule has 1 saturated heterocycles. The van der Waals surface area contributed by atoms with Gasteiger partial charge in [0, 0.05) is 19.1 Å². The van der Waals surface area contributed by atoms with E-state index in [1.165, 1.54) is 13.5 Å². The quantitative estimate of drug-likeness (QED) is 0.652. The van der Waals surface area contributed by atoms with Crippen LogP contribution in [0.2, 0.25) is 0 Å². The van der Waals surface area contributed by atoms with E-state index >= 15 is 0 Å². The highest BCUT2D eigenvalue weighted by atomic mass is 16.5. The Morgan fingerprint density at radius 3 is 2.44 bits per heavy atom. The molecule has 1 N–H and O–H groups in total. The lowest BCUT2D eigenvalue weighted by molar-refractivity contribution is -0.150. The Kier molecular flexibility index (Phi) is 8.53. The standard InChI is InChI=1S/C25H37N3O4/c1-18(2)14-22-24(30)27(16-19-10-6-4-7-11-19)17-21(15-23(29)32-3)28(22)25(31)26-20-12-8-5-9-13-20/h4,6-7,10-11,18,20-22H,5,8-9,12-17H2,1-3H3,(H,26,31)/t21?,22-/m0/s1. The molecule has 7 heteroatoms. The van der Waals surface area contributed by atoms with Gasteiger partial charge in [0.15, 0.2) is 0 Å². The Balaban J connectivity index is 1.86. The summed E-state index contributed by atoms with van der Waals surface area (Å²) in [6, 6.07) is 8.71. The zero-order valence-corrected chi connectivity index (χ0v) is 19.6. The maximum atomic E-state index is 13.6. The second-order valence-electron chi connectivity index (χ2n) is 9.48. The molecular weight excluding hydrogens is 406 g/mol. The number of rotatable bonds is 7. The van der Waals surface area contributed by atoms with Crippen molar-refractivity contribution in [3.8, 4) is 0 Å². The molecule has 1 aliphatic heterocycles. The third kappa shape index (κ3) is 6.24. The monoisotopic (exact) mass is 443 g/mol. The molecule has 2 fully saturated rings. The number of ether oxygens (including phenoxy) is 1. The van der Waals surface area contributed by atoms with Gasteiger partial charge in [-0.3, -0.25) is 9.59 Å². The van der Waals surface area contributed by atoms with Crippen molar-refractivity contribution in [3.63, 3.8) is 0 Å². The first-order valence-corrected chi connectivity index (χ1v) is 11.9. The lowest BCUT2D eigenvalue weighted by Crippen LogP contribution is -2.66. The molecule has 32 heavy (non-hydrogen) atoms. The summed E-state index contributed by atoms with van der Waals surface area (Å²) >= 11 is 0. The fourth-order valence-corrected chi connectivity index (χ4v) is 4.87. The van der Waals surface area contributed by atoms with Gasteiger partial charge in [-0.1, -0.05) is 63.4 Å². The summed E-state index contributed by atoms with van der Waals surface area (Å²) in [4.78, 5) is 42.7. The molecule has 3 amide bonds. The van der Waals surface area contributed by atoms with E-state index in [2.05, 4.69) is 19.2 Å². The van der Waals surface area contributed by atoms with Crippen molar-refractivity contribution >= 4 is 17.9 Å². The first kappa shape index (κ1) is 24.1. The summed E-state index contributed by atoms with van der Waals surface area (Å²) in [6.45, 7) is 4.88. The molecule has 1 heterocycles. The van der Waals surface area contributed by atoms with Crippen molar-refractivity contribution < 1.29 is 19.1 Å². The predicted octanol–water partition coefficient (Wildman–Crippen LogP) is 3.72. The van der Waals surface area contributed by atoms with E-state index in [0.717, 1.165) is 31.2 Å². The number of piperazine rings is 1. The third-order valence-electron chi connectivity index (χ3n) is 6.47. The average Bonchev–Trinajstić information content (AvgIpc) is 2.78. The average molecular weight is 444 g/mol. The molecule has 1 aliphatic carbocycles. The van der Waals surface area contributed by atoms with Gasteiger partial charge in [-0.05, 0) is 30.7 Å². The van der Waals surface area contributed by atoms with Crippen LogP contribution >= 0.6 is 0 Å². The van der Waals surface area contributed by atoms with Crippen molar-refractivity contribution in [2.24, 2.45) is 5.92 Å². The fraction of sp³-hybridized carbons (Fsp3) is 0.640. The van der Waals surface area contributed by atoms with E-state index < -0.39 is 12.1 Å². The van der Waals surface area contributed by atoms with E-state index in [1.807, 2.05) is 30.3 Å². The molecule has 1 aromatic carbocycles. The van der Waals surface area contributed by atoms with E-state index in [9.17, 15) is 14.4 Å². The molecular formula is C25H37N3O4. The number of nitrogens with one attached hydrogen (secondary N) is 1. The van der Waals surface area contributed by atoms with Crippen LogP contribution in [0.4, 0.5) is 4.79 Å². The van der Waals surface area contributed by atoms with Gasteiger partial charge in [0.2, 0.25) is 5.91 Å². The van der Waals surface area contributed by atoms with Gasteiger partial charge in [0.1, 0.15) is 6.04 Å². The lowest BCUT2D eigenvalue weighted by Gasteiger charge is -2.46. The minimum absolute atomic E-state index is 0.0533. The fourth-order valence-electron chi connectivity index (χ4n) is 4.87. The molecule has 1 aromatic rings. The van der Waals surface area contributed by atoms with Gasteiger partial charge < -0.3 is 19.9 Å². The summed E-state index contributed by atoms with van der Waals surface area (Å²) in [6.07, 6.45) is 5.96. The minimum Gasteiger partial charge on any atom is -0.469 e. The largest absolute Gasteiger partial charge is 0.469 e. The van der Waals surface area contributed by atoms with Gasteiger partial charge in [0.25, 0.3) is 0 Å². The summed E-state index contributed by atoms with van der Waals surface area (Å²) in [5, 5.41) is 3.16. The zero-order valence-electron chi connectivity index (χ0n) is 19.6. The summed E-state index contributed by atoms with van der Waals surface area (Å²) in [7, 11) is 1.36. The van der Waals surface area contributed by atoms with Crippen molar-refractivity contribution in [1.29, 1.82) is 0 Å². The Hall–Kier alpha value is -2.57. The van der Waals surface area contributed by atoms with Crippen LogP contribution in [0, 0.1) is 5.92 Å². The Bertz CT molecular complexity index is 777. The normalized spacial score (nSPS) is 22.2. The number of carbonyl (C=O) groups excluding carboxylic acids is 3. The predicted molar refractivity (Wildman–Crippen MR) is 123 cm³/mol. The minimum atomic E-state index is -0.592. The van der Waals surface area contributed by atoms with Crippen molar-refractivity contribution in [3.05, 3.63) is 35.9 Å². The van der Waals surface area contributed by atoms with E-state index in [0.29, 0.717) is 19.5 Å². The van der Waals surface area contributed by atoms with E-state index in [4.69, 9.17) is 4.74 Å². The van der Waals surface area contributed by atoms with Crippen LogP contribution in [0.5, 0.6) is 0 Å². The molecule has 0 aromatic heterocycles. The SMILES string of the molecule is COC(=O)CC1CN(Cc2ccccc2)C(=O)[C@H](CC(C)C)N1C(=O)NC1CCCCC1. The first-order valence-electron chi connectivity index (χ1n) is 11.9. The van der Waals surface area contributed by atoms with E-state index in [1.54, 1.807) is 9.80 Å². The van der Waals surface area contributed by atoms with Crippen LogP contribution in [0.25, 0.3) is 0 Å². The van der Waals surface area contributed by atoms with Crippen LogP contribution in [0.1, 0.15) is 64.4 Å². The molecule has 3 rings (SSSR count). The van der Waals surface area contributed by atoms with Crippen LogP contribution < -0.4 is 5.32 Å². The number of methoxy groups -OCH3 is 1. The van der Waals surface area contributed by atoms with Crippen LogP contribution in [-0.4, -0.2) is 59.5 Å².